The quantitative estimate of drug-likeness (QED) is 0.520. The number of carbonyl (C=O) groups is 2. The maximum Gasteiger partial charge on any atom is 0.163 e. The summed E-state index contributed by atoms with van der Waals surface area (Å²) < 4.78 is 0. The zero-order valence-electron chi connectivity index (χ0n) is 7.57. The summed E-state index contributed by atoms with van der Waals surface area (Å²) in [5, 5.41) is 0. The van der Waals surface area contributed by atoms with Crippen molar-refractivity contribution in [2.75, 3.05) is 0 Å². The van der Waals surface area contributed by atoms with Crippen molar-refractivity contribution in [3.63, 3.8) is 0 Å². The van der Waals surface area contributed by atoms with Gasteiger partial charge in [0.25, 0.3) is 0 Å². The van der Waals surface area contributed by atoms with Gasteiger partial charge in [0.05, 0.1) is 0 Å². The van der Waals surface area contributed by atoms with Crippen molar-refractivity contribution in [1.29, 1.82) is 0 Å². The molecule has 0 fully saturated rings. The summed E-state index contributed by atoms with van der Waals surface area (Å²) in [4.78, 5) is 21.8. The van der Waals surface area contributed by atoms with E-state index < -0.39 is 0 Å². The number of carbonyl (C=O) groups excluding carboxylic acids is 2. The van der Waals surface area contributed by atoms with Crippen molar-refractivity contribution in [2.45, 2.75) is 13.3 Å². The van der Waals surface area contributed by atoms with Gasteiger partial charge in [-0.25, -0.2) is 0 Å². The van der Waals surface area contributed by atoms with Crippen LogP contribution in [0.4, 0.5) is 0 Å². The van der Waals surface area contributed by atoms with Gasteiger partial charge in [0.2, 0.25) is 0 Å². The van der Waals surface area contributed by atoms with Gasteiger partial charge in [-0.3, -0.25) is 4.79 Å². The Morgan fingerprint density at radius 3 is 2.54 bits per heavy atom. The van der Waals surface area contributed by atoms with E-state index in [9.17, 15) is 9.59 Å². The first-order valence-corrected chi connectivity index (χ1v) is 4.27. The van der Waals surface area contributed by atoms with Gasteiger partial charge < -0.3 is 4.79 Å². The van der Waals surface area contributed by atoms with Crippen molar-refractivity contribution < 1.29 is 9.59 Å². The minimum atomic E-state index is -0.187. The topological polar surface area (TPSA) is 34.1 Å². The fourth-order valence-corrected chi connectivity index (χ4v) is 1.08. The summed E-state index contributed by atoms with van der Waals surface area (Å²) in [6.07, 6.45) is 1.11. The highest BCUT2D eigenvalue weighted by Gasteiger charge is 2.09. The number of aldehydes is 1. The summed E-state index contributed by atoms with van der Waals surface area (Å²) in [7, 11) is 0. The first-order valence-electron chi connectivity index (χ1n) is 4.27. The average molecular weight is 176 g/mol. The van der Waals surface area contributed by atoms with Crippen molar-refractivity contribution in [3.05, 3.63) is 35.9 Å². The van der Waals surface area contributed by atoms with Crippen molar-refractivity contribution in [3.8, 4) is 0 Å². The molecule has 1 aromatic carbocycles. The number of hydrogen-bond donors (Lipinski definition) is 0. The zero-order valence-corrected chi connectivity index (χ0v) is 7.57. The lowest BCUT2D eigenvalue weighted by Gasteiger charge is -2.01. The average Bonchev–Trinajstić information content (AvgIpc) is 2.19. The molecular weight excluding hydrogens is 164 g/mol. The van der Waals surface area contributed by atoms with E-state index in [1.165, 1.54) is 0 Å². The van der Waals surface area contributed by atoms with E-state index in [1.54, 1.807) is 19.1 Å². The van der Waals surface area contributed by atoms with Crippen LogP contribution in [0.3, 0.4) is 0 Å². The van der Waals surface area contributed by atoms with E-state index >= 15 is 0 Å². The SMILES string of the molecule is CC(C=O)CC(=O)c1ccccc1. The van der Waals surface area contributed by atoms with Crippen LogP contribution in [-0.2, 0) is 4.79 Å². The minimum absolute atomic E-state index is 0.0280. The number of hydrogen-bond acceptors (Lipinski definition) is 2. The third kappa shape index (κ3) is 2.82. The molecule has 0 spiro atoms. The third-order valence-electron chi connectivity index (χ3n) is 1.84. The van der Waals surface area contributed by atoms with E-state index in [0.717, 1.165) is 6.29 Å². The molecule has 2 heteroatoms. The molecule has 13 heavy (non-hydrogen) atoms. The molecule has 2 nitrogen and oxygen atoms in total. The number of rotatable bonds is 4. The Bertz CT molecular complexity index is 290. The van der Waals surface area contributed by atoms with E-state index in [1.807, 2.05) is 18.2 Å². The smallest absolute Gasteiger partial charge is 0.163 e. The molecule has 1 rings (SSSR count). The molecule has 1 aromatic rings. The second-order valence-electron chi connectivity index (χ2n) is 3.11. The van der Waals surface area contributed by atoms with Gasteiger partial charge in [0, 0.05) is 17.9 Å². The normalized spacial score (nSPS) is 12.1. The zero-order chi connectivity index (χ0) is 9.68. The highest BCUT2D eigenvalue weighted by Crippen LogP contribution is 2.07. The van der Waals surface area contributed by atoms with Crippen LogP contribution in [0.15, 0.2) is 30.3 Å². The Hall–Kier alpha value is -1.44. The van der Waals surface area contributed by atoms with Crippen LogP contribution in [0.25, 0.3) is 0 Å². The Kier molecular flexibility index (Phi) is 3.38. The lowest BCUT2D eigenvalue weighted by molar-refractivity contribution is -0.110. The molecule has 0 aliphatic carbocycles. The Morgan fingerprint density at radius 1 is 1.38 bits per heavy atom. The van der Waals surface area contributed by atoms with Crippen molar-refractivity contribution in [2.24, 2.45) is 5.92 Å². The summed E-state index contributed by atoms with van der Waals surface area (Å²) in [6, 6.07) is 9.03. The molecule has 0 bridgehead atoms. The first kappa shape index (κ1) is 9.65. The van der Waals surface area contributed by atoms with E-state index in [-0.39, 0.29) is 11.7 Å². The third-order valence-corrected chi connectivity index (χ3v) is 1.84. The maximum atomic E-state index is 11.5. The summed E-state index contributed by atoms with van der Waals surface area (Å²) in [5.74, 6) is -0.159. The summed E-state index contributed by atoms with van der Waals surface area (Å²) in [5.41, 5.74) is 0.677. The first-order chi connectivity index (χ1) is 6.24. The van der Waals surface area contributed by atoms with Crippen molar-refractivity contribution >= 4 is 12.1 Å². The fraction of sp³-hybridized carbons (Fsp3) is 0.273. The predicted octanol–water partition coefficient (Wildman–Crippen LogP) is 2.09. The molecule has 0 heterocycles. The van der Waals surface area contributed by atoms with Gasteiger partial charge in [-0.15, -0.1) is 0 Å². The van der Waals surface area contributed by atoms with E-state index in [4.69, 9.17) is 0 Å². The highest BCUT2D eigenvalue weighted by atomic mass is 16.1. The van der Waals surface area contributed by atoms with Gasteiger partial charge >= 0.3 is 0 Å². The Labute approximate surface area is 77.6 Å². The Balaban J connectivity index is 2.64. The molecular formula is C11H12O2. The van der Waals surface area contributed by atoms with E-state index in [2.05, 4.69) is 0 Å². The largest absolute Gasteiger partial charge is 0.303 e. The van der Waals surface area contributed by atoms with Gasteiger partial charge in [-0.05, 0) is 0 Å². The Morgan fingerprint density at radius 2 is 2.00 bits per heavy atom. The van der Waals surface area contributed by atoms with Crippen LogP contribution in [0, 0.1) is 5.92 Å². The minimum Gasteiger partial charge on any atom is -0.303 e. The second-order valence-corrected chi connectivity index (χ2v) is 3.11. The lowest BCUT2D eigenvalue weighted by atomic mass is 10.0. The molecule has 0 aromatic heterocycles. The molecule has 0 radical (unpaired) electrons. The molecule has 0 saturated heterocycles. The lowest BCUT2D eigenvalue weighted by Crippen LogP contribution is -2.06. The van der Waals surface area contributed by atoms with Gasteiger partial charge in [0.1, 0.15) is 6.29 Å². The van der Waals surface area contributed by atoms with Crippen LogP contribution in [-0.4, -0.2) is 12.1 Å². The molecule has 0 N–H and O–H groups in total. The highest BCUT2D eigenvalue weighted by molar-refractivity contribution is 5.97. The van der Waals surface area contributed by atoms with Crippen LogP contribution in [0.5, 0.6) is 0 Å². The predicted molar refractivity (Wildman–Crippen MR) is 50.6 cm³/mol. The summed E-state index contributed by atoms with van der Waals surface area (Å²) >= 11 is 0. The van der Waals surface area contributed by atoms with Gasteiger partial charge in [0.15, 0.2) is 5.78 Å². The number of Topliss-reactive ketones (excluding diaryl/α,β-unsaturated/α-hetero) is 1. The molecule has 0 saturated carbocycles. The summed E-state index contributed by atoms with van der Waals surface area (Å²) in [6.45, 7) is 1.74. The van der Waals surface area contributed by atoms with Crippen molar-refractivity contribution in [1.82, 2.24) is 0 Å². The van der Waals surface area contributed by atoms with Crippen LogP contribution in [0.2, 0.25) is 0 Å². The van der Waals surface area contributed by atoms with Crippen LogP contribution in [0.1, 0.15) is 23.7 Å². The van der Waals surface area contributed by atoms with Gasteiger partial charge in [-0.1, -0.05) is 37.3 Å². The van der Waals surface area contributed by atoms with Gasteiger partial charge in [-0.2, -0.15) is 0 Å². The second kappa shape index (κ2) is 4.55. The van der Waals surface area contributed by atoms with Crippen LogP contribution >= 0.6 is 0 Å². The molecule has 0 amide bonds. The monoisotopic (exact) mass is 176 g/mol. The van der Waals surface area contributed by atoms with Crippen LogP contribution < -0.4 is 0 Å². The number of ketones is 1. The standard InChI is InChI=1S/C11H12O2/c1-9(8-12)7-11(13)10-5-3-2-4-6-10/h2-6,8-9H,7H2,1H3. The molecule has 0 aliphatic rings. The maximum absolute atomic E-state index is 11.5. The molecule has 0 aliphatic heterocycles. The molecule has 1 unspecified atom stereocenters. The molecule has 1 atom stereocenters. The van der Waals surface area contributed by atoms with E-state index in [0.29, 0.717) is 12.0 Å². The fourth-order valence-electron chi connectivity index (χ4n) is 1.08. The number of benzene rings is 1. The molecule has 68 valence electrons.